The lowest BCUT2D eigenvalue weighted by Crippen LogP contribution is -2.42. The minimum atomic E-state index is -0.339. The van der Waals surface area contributed by atoms with Crippen molar-refractivity contribution >= 4 is 23.2 Å². The summed E-state index contributed by atoms with van der Waals surface area (Å²) in [7, 11) is 0. The molecule has 0 aliphatic heterocycles. The third-order valence-corrected chi connectivity index (χ3v) is 2.27. The highest BCUT2D eigenvalue weighted by Gasteiger charge is 2.14. The molecule has 82 valence electrons. The molecule has 1 amide bonds. The maximum Gasteiger partial charge on any atom is 0.256 e. The van der Waals surface area contributed by atoms with Crippen LogP contribution in [0.3, 0.4) is 0 Å². The molecule has 0 aliphatic carbocycles. The second kappa shape index (κ2) is 5.58. The van der Waals surface area contributed by atoms with Crippen molar-refractivity contribution in [3.63, 3.8) is 0 Å². The molecule has 5 heteroatoms. The minimum absolute atomic E-state index is 0.238. The first kappa shape index (κ1) is 11.8. The molecule has 0 aliphatic rings. The smallest absolute Gasteiger partial charge is 0.256 e. The number of anilines is 1. The molecule has 0 unspecified atom stereocenters. The molecule has 15 heavy (non-hydrogen) atoms. The van der Waals surface area contributed by atoms with Crippen LogP contribution in [-0.4, -0.2) is 11.9 Å². The van der Waals surface area contributed by atoms with E-state index < -0.39 is 0 Å². The lowest BCUT2D eigenvalue weighted by molar-refractivity contribution is -0.121. The van der Waals surface area contributed by atoms with Crippen LogP contribution in [0.1, 0.15) is 13.3 Å². The number of benzene rings is 1. The van der Waals surface area contributed by atoms with Crippen molar-refractivity contribution in [2.24, 2.45) is 5.84 Å². The Bertz CT molecular complexity index is 343. The molecule has 1 atom stereocenters. The second-order valence-electron chi connectivity index (χ2n) is 3.12. The quantitative estimate of drug-likeness (QED) is 0.415. The summed E-state index contributed by atoms with van der Waals surface area (Å²) in [6, 6.07) is 6.86. The van der Waals surface area contributed by atoms with E-state index in [2.05, 4.69) is 10.7 Å². The molecule has 0 radical (unpaired) electrons. The average Bonchev–Trinajstić information content (AvgIpc) is 2.25. The van der Waals surface area contributed by atoms with Gasteiger partial charge in [0.05, 0.1) is 0 Å². The van der Waals surface area contributed by atoms with Crippen LogP contribution in [0.2, 0.25) is 5.02 Å². The van der Waals surface area contributed by atoms with E-state index in [0.717, 1.165) is 5.69 Å². The van der Waals surface area contributed by atoms with Gasteiger partial charge in [-0.2, -0.15) is 0 Å². The van der Waals surface area contributed by atoms with Gasteiger partial charge in [-0.1, -0.05) is 24.6 Å². The van der Waals surface area contributed by atoms with Gasteiger partial charge in [-0.05, 0) is 24.6 Å². The Balaban J connectivity index is 2.70. The molecule has 0 saturated carbocycles. The largest absolute Gasteiger partial charge is 0.374 e. The summed E-state index contributed by atoms with van der Waals surface area (Å²) < 4.78 is 0. The molecule has 0 saturated heterocycles. The van der Waals surface area contributed by atoms with Crippen LogP contribution in [-0.2, 0) is 4.79 Å². The van der Waals surface area contributed by atoms with E-state index in [4.69, 9.17) is 17.4 Å². The maximum absolute atomic E-state index is 11.3. The number of hydrogen-bond acceptors (Lipinski definition) is 3. The van der Waals surface area contributed by atoms with Gasteiger partial charge in [-0.3, -0.25) is 10.2 Å². The van der Waals surface area contributed by atoms with E-state index in [1.54, 1.807) is 12.1 Å². The Morgan fingerprint density at radius 2 is 2.33 bits per heavy atom. The summed E-state index contributed by atoms with van der Waals surface area (Å²) in [6.07, 6.45) is 0.648. The summed E-state index contributed by atoms with van der Waals surface area (Å²) in [5.41, 5.74) is 2.92. The summed E-state index contributed by atoms with van der Waals surface area (Å²) in [4.78, 5) is 11.3. The van der Waals surface area contributed by atoms with Crippen molar-refractivity contribution < 1.29 is 4.79 Å². The Morgan fingerprint density at radius 1 is 1.60 bits per heavy atom. The van der Waals surface area contributed by atoms with E-state index in [-0.39, 0.29) is 11.9 Å². The van der Waals surface area contributed by atoms with E-state index in [0.29, 0.717) is 11.4 Å². The fraction of sp³-hybridized carbons (Fsp3) is 0.300. The molecule has 1 rings (SSSR count). The number of carbonyl (C=O) groups excluding carboxylic acids is 1. The van der Waals surface area contributed by atoms with Crippen molar-refractivity contribution in [3.8, 4) is 0 Å². The van der Waals surface area contributed by atoms with Gasteiger partial charge >= 0.3 is 0 Å². The van der Waals surface area contributed by atoms with Crippen LogP contribution < -0.4 is 16.6 Å². The first-order valence-electron chi connectivity index (χ1n) is 4.70. The van der Waals surface area contributed by atoms with E-state index in [9.17, 15) is 4.79 Å². The summed E-state index contributed by atoms with van der Waals surface area (Å²) in [5, 5.41) is 3.67. The van der Waals surface area contributed by atoms with Crippen LogP contribution in [0.4, 0.5) is 5.69 Å². The van der Waals surface area contributed by atoms with Gasteiger partial charge in [-0.25, -0.2) is 5.84 Å². The maximum atomic E-state index is 11.3. The average molecular weight is 228 g/mol. The van der Waals surface area contributed by atoms with Crippen molar-refractivity contribution in [2.75, 3.05) is 5.32 Å². The predicted octanol–water partition coefficient (Wildman–Crippen LogP) is 1.52. The highest BCUT2D eigenvalue weighted by molar-refractivity contribution is 6.30. The first-order valence-corrected chi connectivity index (χ1v) is 5.07. The summed E-state index contributed by atoms with van der Waals surface area (Å²) >= 11 is 5.82. The molecule has 0 heterocycles. The molecular formula is C10H14ClN3O. The fourth-order valence-corrected chi connectivity index (χ4v) is 1.42. The number of amides is 1. The van der Waals surface area contributed by atoms with Crippen molar-refractivity contribution in [2.45, 2.75) is 19.4 Å². The Kier molecular flexibility index (Phi) is 4.39. The molecule has 0 bridgehead atoms. The third kappa shape index (κ3) is 3.42. The molecule has 4 nitrogen and oxygen atoms in total. The van der Waals surface area contributed by atoms with E-state index in [1.807, 2.05) is 19.1 Å². The lowest BCUT2D eigenvalue weighted by atomic mass is 10.2. The van der Waals surface area contributed by atoms with Gasteiger partial charge in [0, 0.05) is 10.7 Å². The molecule has 0 fully saturated rings. The monoisotopic (exact) mass is 227 g/mol. The normalized spacial score (nSPS) is 11.9. The highest BCUT2D eigenvalue weighted by Crippen LogP contribution is 2.16. The van der Waals surface area contributed by atoms with Gasteiger partial charge < -0.3 is 5.32 Å². The molecule has 1 aromatic rings. The van der Waals surface area contributed by atoms with Crippen LogP contribution >= 0.6 is 11.6 Å². The van der Waals surface area contributed by atoms with E-state index >= 15 is 0 Å². The van der Waals surface area contributed by atoms with Crippen LogP contribution in [0.25, 0.3) is 0 Å². The van der Waals surface area contributed by atoms with Crippen molar-refractivity contribution in [3.05, 3.63) is 29.3 Å². The number of nitrogens with two attached hydrogens (primary N) is 1. The summed E-state index contributed by atoms with van der Waals surface area (Å²) in [6.45, 7) is 1.90. The first-order chi connectivity index (χ1) is 7.17. The second-order valence-corrected chi connectivity index (χ2v) is 3.56. The van der Waals surface area contributed by atoms with Crippen molar-refractivity contribution in [1.82, 2.24) is 5.43 Å². The van der Waals surface area contributed by atoms with Gasteiger partial charge in [-0.15, -0.1) is 0 Å². The Hall–Kier alpha value is -1.26. The zero-order valence-electron chi connectivity index (χ0n) is 8.46. The van der Waals surface area contributed by atoms with Crippen LogP contribution in [0, 0.1) is 0 Å². The molecule has 4 N–H and O–H groups in total. The van der Waals surface area contributed by atoms with Gasteiger partial charge in [0.1, 0.15) is 6.04 Å². The zero-order chi connectivity index (χ0) is 11.3. The zero-order valence-corrected chi connectivity index (χ0v) is 9.21. The molecule has 0 spiro atoms. The lowest BCUT2D eigenvalue weighted by Gasteiger charge is -2.16. The van der Waals surface area contributed by atoms with Gasteiger partial charge in [0.15, 0.2) is 0 Å². The minimum Gasteiger partial charge on any atom is -0.374 e. The Labute approximate surface area is 93.8 Å². The third-order valence-electron chi connectivity index (χ3n) is 2.03. The number of hydrogen-bond donors (Lipinski definition) is 3. The topological polar surface area (TPSA) is 67.2 Å². The summed E-state index contributed by atoms with van der Waals surface area (Å²) in [5.74, 6) is 4.83. The van der Waals surface area contributed by atoms with Crippen LogP contribution in [0.5, 0.6) is 0 Å². The predicted molar refractivity (Wildman–Crippen MR) is 61.5 cm³/mol. The van der Waals surface area contributed by atoms with Crippen molar-refractivity contribution in [1.29, 1.82) is 0 Å². The number of carbonyl (C=O) groups is 1. The number of nitrogens with one attached hydrogen (secondary N) is 2. The molecule has 1 aromatic carbocycles. The number of halogens is 1. The van der Waals surface area contributed by atoms with Crippen LogP contribution in [0.15, 0.2) is 24.3 Å². The highest BCUT2D eigenvalue weighted by atomic mass is 35.5. The fourth-order valence-electron chi connectivity index (χ4n) is 1.23. The van der Waals surface area contributed by atoms with Gasteiger partial charge in [0.25, 0.3) is 5.91 Å². The van der Waals surface area contributed by atoms with E-state index in [1.165, 1.54) is 0 Å². The standard InChI is InChI=1S/C10H14ClN3O/c1-2-9(10(15)14-12)13-8-5-3-4-7(11)6-8/h3-6,9,13H,2,12H2,1H3,(H,14,15)/t9-/m1/s1. The molecular weight excluding hydrogens is 214 g/mol. The molecule has 0 aromatic heterocycles. The SMILES string of the molecule is CC[C@@H](Nc1cccc(Cl)c1)C(=O)NN. The van der Waals surface area contributed by atoms with Gasteiger partial charge in [0.2, 0.25) is 0 Å². The Morgan fingerprint density at radius 3 is 2.87 bits per heavy atom. The number of rotatable bonds is 4. The number of hydrazine groups is 1.